The summed E-state index contributed by atoms with van der Waals surface area (Å²) in [5.74, 6) is -0.782. The number of carbonyl (C=O) groups is 1. The Balaban J connectivity index is 0.00000133. The maximum Gasteiger partial charge on any atom is 1.00 e. The first-order valence-electron chi connectivity index (χ1n) is 5.35. The SMILES string of the molecule is O=C([O-])c1cc(Cl)c2c(c1)-c1cncn1CCO2.[Li+]. The van der Waals surface area contributed by atoms with Crippen LogP contribution >= 0.6 is 11.6 Å². The number of ether oxygens (including phenoxy) is 1. The van der Waals surface area contributed by atoms with E-state index in [1.807, 2.05) is 4.57 Å². The summed E-state index contributed by atoms with van der Waals surface area (Å²) in [5.41, 5.74) is 1.43. The van der Waals surface area contributed by atoms with Gasteiger partial charge in [0.1, 0.15) is 12.4 Å². The van der Waals surface area contributed by atoms with Gasteiger partial charge in [-0.25, -0.2) is 4.98 Å². The van der Waals surface area contributed by atoms with Crippen molar-refractivity contribution in [2.24, 2.45) is 0 Å². The van der Waals surface area contributed by atoms with E-state index in [-0.39, 0.29) is 29.4 Å². The van der Waals surface area contributed by atoms with Gasteiger partial charge < -0.3 is 19.2 Å². The smallest absolute Gasteiger partial charge is 0.545 e. The van der Waals surface area contributed by atoms with E-state index in [1.165, 1.54) is 12.1 Å². The summed E-state index contributed by atoms with van der Waals surface area (Å²) < 4.78 is 7.45. The van der Waals surface area contributed by atoms with Gasteiger partial charge in [-0.05, 0) is 17.7 Å². The second-order valence-electron chi connectivity index (χ2n) is 3.94. The number of fused-ring (bicyclic) bond motifs is 3. The number of carboxylic acid groups (broad SMARTS) is 1. The summed E-state index contributed by atoms with van der Waals surface area (Å²) in [4.78, 5) is 15.0. The Labute approximate surface area is 126 Å². The fraction of sp³-hybridized carbons (Fsp3) is 0.167. The number of aromatic nitrogens is 2. The van der Waals surface area contributed by atoms with Crippen molar-refractivity contribution in [2.75, 3.05) is 6.61 Å². The zero-order valence-electron chi connectivity index (χ0n) is 10.2. The monoisotopic (exact) mass is 270 g/mol. The van der Waals surface area contributed by atoms with Gasteiger partial charge in [-0.1, -0.05) is 11.6 Å². The molecule has 3 rings (SSSR count). The molecule has 92 valence electrons. The van der Waals surface area contributed by atoms with Crippen LogP contribution < -0.4 is 28.7 Å². The molecule has 0 atom stereocenters. The van der Waals surface area contributed by atoms with Crippen molar-refractivity contribution in [1.82, 2.24) is 9.55 Å². The molecule has 19 heavy (non-hydrogen) atoms. The molecule has 0 bridgehead atoms. The predicted octanol–water partition coefficient (Wildman–Crippen LogP) is -2.04. The summed E-state index contributed by atoms with van der Waals surface area (Å²) in [7, 11) is 0. The molecule has 1 aliphatic rings. The minimum atomic E-state index is -1.27. The van der Waals surface area contributed by atoms with Crippen molar-refractivity contribution >= 4 is 17.6 Å². The van der Waals surface area contributed by atoms with Gasteiger partial charge in [0.05, 0.1) is 35.8 Å². The van der Waals surface area contributed by atoms with Gasteiger partial charge in [0.15, 0.2) is 0 Å². The molecular weight excluding hydrogens is 263 g/mol. The number of hydrogen-bond donors (Lipinski definition) is 0. The molecule has 2 aromatic rings. The second kappa shape index (κ2) is 5.30. The molecule has 0 aliphatic carbocycles. The minimum Gasteiger partial charge on any atom is -0.545 e. The molecule has 7 heteroatoms. The van der Waals surface area contributed by atoms with Crippen LogP contribution in [-0.2, 0) is 6.54 Å². The van der Waals surface area contributed by atoms with Crippen molar-refractivity contribution in [3.05, 3.63) is 35.2 Å². The quantitative estimate of drug-likeness (QED) is 0.560. The third kappa shape index (κ3) is 2.37. The van der Waals surface area contributed by atoms with Crippen LogP contribution in [-0.4, -0.2) is 22.1 Å². The Morgan fingerprint density at radius 3 is 3.00 bits per heavy atom. The van der Waals surface area contributed by atoms with Crippen molar-refractivity contribution in [1.29, 1.82) is 0 Å². The fourth-order valence-electron chi connectivity index (χ4n) is 2.02. The topological polar surface area (TPSA) is 67.2 Å². The van der Waals surface area contributed by atoms with Gasteiger partial charge in [0.2, 0.25) is 0 Å². The molecule has 1 aromatic carbocycles. The van der Waals surface area contributed by atoms with Gasteiger partial charge >= 0.3 is 18.9 Å². The molecule has 0 radical (unpaired) electrons. The van der Waals surface area contributed by atoms with Gasteiger partial charge in [0, 0.05) is 5.56 Å². The number of carbonyl (C=O) groups excluding carboxylic acids is 1. The number of imidazole rings is 1. The molecule has 0 saturated heterocycles. The van der Waals surface area contributed by atoms with Crippen LogP contribution in [0.4, 0.5) is 0 Å². The summed E-state index contributed by atoms with van der Waals surface area (Å²) in [5, 5.41) is 11.2. The zero-order valence-corrected chi connectivity index (χ0v) is 11.0. The van der Waals surface area contributed by atoms with Crippen molar-refractivity contribution in [3.8, 4) is 17.0 Å². The molecule has 0 saturated carbocycles. The van der Waals surface area contributed by atoms with E-state index in [1.54, 1.807) is 12.5 Å². The molecular formula is C12H8ClLiN2O3. The normalized spacial score (nSPS) is 12.5. The van der Waals surface area contributed by atoms with Gasteiger partial charge in [-0.3, -0.25) is 0 Å². The first-order valence-corrected chi connectivity index (χ1v) is 5.73. The minimum absolute atomic E-state index is 0. The number of halogens is 1. The molecule has 0 spiro atoms. The third-order valence-electron chi connectivity index (χ3n) is 2.85. The summed E-state index contributed by atoms with van der Waals surface area (Å²) in [6, 6.07) is 2.83. The molecule has 0 fully saturated rings. The van der Waals surface area contributed by atoms with Gasteiger partial charge in [-0.15, -0.1) is 0 Å². The predicted molar refractivity (Wildman–Crippen MR) is 62.5 cm³/mol. The average molecular weight is 271 g/mol. The van der Waals surface area contributed by atoms with Crippen LogP contribution in [0.15, 0.2) is 24.7 Å². The van der Waals surface area contributed by atoms with Crippen molar-refractivity contribution in [3.63, 3.8) is 0 Å². The van der Waals surface area contributed by atoms with Crippen LogP contribution in [0.5, 0.6) is 5.75 Å². The molecule has 1 aliphatic heterocycles. The third-order valence-corrected chi connectivity index (χ3v) is 3.13. The van der Waals surface area contributed by atoms with Crippen LogP contribution in [0.2, 0.25) is 5.02 Å². The van der Waals surface area contributed by atoms with Crippen molar-refractivity contribution in [2.45, 2.75) is 6.54 Å². The van der Waals surface area contributed by atoms with E-state index in [9.17, 15) is 9.90 Å². The maximum absolute atomic E-state index is 10.9. The number of nitrogens with zero attached hydrogens (tertiary/aromatic N) is 2. The number of benzene rings is 1. The molecule has 0 N–H and O–H groups in total. The van der Waals surface area contributed by atoms with E-state index < -0.39 is 5.97 Å². The Morgan fingerprint density at radius 1 is 1.47 bits per heavy atom. The first kappa shape index (κ1) is 14.0. The molecule has 1 aromatic heterocycles. The largest absolute Gasteiger partial charge is 1.00 e. The second-order valence-corrected chi connectivity index (χ2v) is 4.35. The maximum atomic E-state index is 10.9. The van der Waals surface area contributed by atoms with E-state index in [0.717, 1.165) is 5.69 Å². The van der Waals surface area contributed by atoms with E-state index in [0.29, 0.717) is 24.5 Å². The molecule has 5 nitrogen and oxygen atoms in total. The van der Waals surface area contributed by atoms with Gasteiger partial charge in [-0.2, -0.15) is 0 Å². The number of rotatable bonds is 1. The van der Waals surface area contributed by atoms with Gasteiger partial charge in [0.25, 0.3) is 0 Å². The molecule has 0 unspecified atom stereocenters. The van der Waals surface area contributed by atoms with Crippen LogP contribution in [0.1, 0.15) is 10.4 Å². The molecule has 2 heterocycles. The van der Waals surface area contributed by atoms with Crippen molar-refractivity contribution < 1.29 is 33.5 Å². The Morgan fingerprint density at radius 2 is 2.26 bits per heavy atom. The summed E-state index contributed by atoms with van der Waals surface area (Å²) in [6.07, 6.45) is 3.33. The summed E-state index contributed by atoms with van der Waals surface area (Å²) >= 11 is 6.05. The standard InChI is InChI=1S/C12H9ClN2O3.Li/c13-9-4-7(12(16)17)3-8-10-5-14-6-15(10)1-2-18-11(8)9;/h3-6H,1-2H2,(H,16,17);/q;+1/p-1. The van der Waals surface area contributed by atoms with E-state index >= 15 is 0 Å². The van der Waals surface area contributed by atoms with Crippen LogP contribution in [0.25, 0.3) is 11.3 Å². The average Bonchev–Trinajstić information content (AvgIpc) is 2.72. The zero-order chi connectivity index (χ0) is 12.7. The Bertz CT molecular complexity index is 642. The number of carboxylic acids is 1. The first-order chi connectivity index (χ1) is 8.66. The molecule has 0 amide bonds. The van der Waals surface area contributed by atoms with E-state index in [4.69, 9.17) is 16.3 Å². The number of aromatic carboxylic acids is 1. The summed E-state index contributed by atoms with van der Waals surface area (Å²) in [6.45, 7) is 1.10. The van der Waals surface area contributed by atoms with Crippen LogP contribution in [0.3, 0.4) is 0 Å². The number of hydrogen-bond acceptors (Lipinski definition) is 4. The van der Waals surface area contributed by atoms with E-state index in [2.05, 4.69) is 4.98 Å². The fourth-order valence-corrected chi connectivity index (χ4v) is 2.29. The van der Waals surface area contributed by atoms with Crippen LogP contribution in [0, 0.1) is 0 Å². The Kier molecular flexibility index (Phi) is 3.90. The Hall–Kier alpha value is -1.41.